The van der Waals surface area contributed by atoms with Crippen molar-refractivity contribution in [2.24, 2.45) is 11.3 Å². The van der Waals surface area contributed by atoms with Crippen LogP contribution in [0.2, 0.25) is 0 Å². The molecule has 0 atom stereocenters. The summed E-state index contributed by atoms with van der Waals surface area (Å²) in [6.45, 7) is 9.92. The molecule has 1 aromatic heterocycles. The Morgan fingerprint density at radius 1 is 1.11 bits per heavy atom. The number of benzene rings is 1. The summed E-state index contributed by atoms with van der Waals surface area (Å²) in [7, 11) is 0. The summed E-state index contributed by atoms with van der Waals surface area (Å²) in [5.41, 5.74) is 2.22. The summed E-state index contributed by atoms with van der Waals surface area (Å²) in [4.78, 5) is 26.1. The summed E-state index contributed by atoms with van der Waals surface area (Å²) < 4.78 is 42.8. The Labute approximate surface area is 208 Å². The second-order valence-corrected chi connectivity index (χ2v) is 9.88. The smallest absolute Gasteiger partial charge is 0.490 e. The van der Waals surface area contributed by atoms with Gasteiger partial charge in [-0.1, -0.05) is 32.0 Å². The first-order chi connectivity index (χ1) is 17.0. The zero-order valence-corrected chi connectivity index (χ0v) is 20.6. The first kappa shape index (κ1) is 27.6. The Balaban J connectivity index is 0.000000454. The summed E-state index contributed by atoms with van der Waals surface area (Å²) in [6.07, 6.45) is 1.45. The van der Waals surface area contributed by atoms with Gasteiger partial charge in [-0.3, -0.25) is 9.69 Å². The molecule has 2 aromatic rings. The van der Waals surface area contributed by atoms with Crippen LogP contribution in [0.1, 0.15) is 49.0 Å². The number of likely N-dealkylation sites (tertiary alicyclic amines) is 2. The fraction of sp³-hybridized carbons (Fsp3) is 0.538. The lowest BCUT2D eigenvalue weighted by Crippen LogP contribution is -2.42. The van der Waals surface area contributed by atoms with Crippen LogP contribution in [0.25, 0.3) is 0 Å². The standard InChI is InChI=1S/C24H32N2O3.C2HF3O2/c1-19(2)16-29-22-6-4-3-5-20(22)15-25-11-8-24(9-12-25)10-13-26(18-24)23(27)21-7-14-28-17-21;3-2(4,5)1(6)7/h3-7,14,17,19H,8-13,15-16,18H2,1-2H3;(H,6,7). The third-order valence-corrected chi connectivity index (χ3v) is 6.59. The number of carbonyl (C=O) groups is 2. The molecule has 0 saturated carbocycles. The lowest BCUT2D eigenvalue weighted by atomic mass is 9.77. The number of rotatable bonds is 6. The molecule has 2 fully saturated rings. The van der Waals surface area contributed by atoms with Gasteiger partial charge in [0.25, 0.3) is 5.91 Å². The molecule has 1 aromatic carbocycles. The second kappa shape index (κ2) is 11.8. The van der Waals surface area contributed by atoms with Crippen molar-refractivity contribution in [3.05, 3.63) is 54.0 Å². The summed E-state index contributed by atoms with van der Waals surface area (Å²) in [5.74, 6) is -1.12. The average molecular weight is 511 g/mol. The minimum atomic E-state index is -5.08. The average Bonchev–Trinajstić information content (AvgIpc) is 3.50. The Kier molecular flexibility index (Phi) is 9.05. The highest BCUT2D eigenvalue weighted by molar-refractivity contribution is 5.94. The molecule has 10 heteroatoms. The quantitative estimate of drug-likeness (QED) is 0.584. The molecule has 3 heterocycles. The third-order valence-electron chi connectivity index (χ3n) is 6.59. The van der Waals surface area contributed by atoms with E-state index in [9.17, 15) is 18.0 Å². The van der Waals surface area contributed by atoms with Gasteiger partial charge in [-0.15, -0.1) is 0 Å². The number of furan rings is 1. The fourth-order valence-corrected chi connectivity index (χ4v) is 4.54. The Morgan fingerprint density at radius 2 is 1.75 bits per heavy atom. The molecule has 2 aliphatic heterocycles. The molecule has 2 saturated heterocycles. The number of carboxylic acids is 1. The van der Waals surface area contributed by atoms with E-state index < -0.39 is 12.1 Å². The highest BCUT2D eigenvalue weighted by Gasteiger charge is 2.42. The minimum Gasteiger partial charge on any atom is -0.493 e. The molecule has 1 spiro atoms. The van der Waals surface area contributed by atoms with Crippen molar-refractivity contribution in [2.45, 2.75) is 45.8 Å². The molecule has 4 rings (SSSR count). The molecule has 7 nitrogen and oxygen atoms in total. The van der Waals surface area contributed by atoms with Crippen molar-refractivity contribution in [1.82, 2.24) is 9.80 Å². The van der Waals surface area contributed by atoms with Gasteiger partial charge in [-0.25, -0.2) is 4.79 Å². The van der Waals surface area contributed by atoms with Crippen LogP contribution < -0.4 is 4.74 Å². The molecule has 0 aliphatic carbocycles. The van der Waals surface area contributed by atoms with Crippen molar-refractivity contribution in [2.75, 3.05) is 32.8 Å². The first-order valence-electron chi connectivity index (χ1n) is 12.0. The van der Waals surface area contributed by atoms with E-state index in [0.29, 0.717) is 11.5 Å². The number of halogens is 3. The highest BCUT2D eigenvalue weighted by Crippen LogP contribution is 2.41. The van der Waals surface area contributed by atoms with Crippen molar-refractivity contribution >= 4 is 11.9 Å². The van der Waals surface area contributed by atoms with Crippen molar-refractivity contribution in [1.29, 1.82) is 0 Å². The van der Waals surface area contributed by atoms with Gasteiger partial charge in [0.15, 0.2) is 0 Å². The number of aliphatic carboxylic acids is 1. The third kappa shape index (κ3) is 7.49. The maximum atomic E-state index is 12.6. The first-order valence-corrected chi connectivity index (χ1v) is 12.0. The number of hydrogen-bond acceptors (Lipinski definition) is 5. The molecule has 198 valence electrons. The van der Waals surface area contributed by atoms with Gasteiger partial charge in [-0.05, 0) is 55.8 Å². The van der Waals surface area contributed by atoms with E-state index in [4.69, 9.17) is 19.1 Å². The topological polar surface area (TPSA) is 83.2 Å². The van der Waals surface area contributed by atoms with Crippen molar-refractivity contribution in [3.8, 4) is 5.75 Å². The van der Waals surface area contributed by atoms with Gasteiger partial charge in [0.1, 0.15) is 12.0 Å². The molecule has 2 aliphatic rings. The number of carbonyl (C=O) groups excluding carboxylic acids is 1. The van der Waals surface area contributed by atoms with Crippen LogP contribution in [0, 0.1) is 11.3 Å². The van der Waals surface area contributed by atoms with Gasteiger partial charge >= 0.3 is 12.1 Å². The number of alkyl halides is 3. The van der Waals surface area contributed by atoms with Gasteiger partial charge in [0.2, 0.25) is 0 Å². The SMILES string of the molecule is CC(C)COc1ccccc1CN1CCC2(CC1)CCN(C(=O)c1ccoc1)C2.O=C(O)C(F)(F)F. The van der Waals surface area contributed by atoms with Crippen LogP contribution in [0.5, 0.6) is 5.75 Å². The van der Waals surface area contributed by atoms with Crippen LogP contribution >= 0.6 is 0 Å². The predicted molar refractivity (Wildman–Crippen MR) is 127 cm³/mol. The normalized spacial score (nSPS) is 17.7. The Morgan fingerprint density at radius 3 is 2.33 bits per heavy atom. The predicted octanol–water partition coefficient (Wildman–Crippen LogP) is 5.08. The van der Waals surface area contributed by atoms with E-state index in [2.05, 4.69) is 43.0 Å². The number of para-hydroxylation sites is 1. The van der Waals surface area contributed by atoms with E-state index in [0.717, 1.165) is 64.3 Å². The van der Waals surface area contributed by atoms with Crippen molar-refractivity contribution < 1.29 is 37.0 Å². The van der Waals surface area contributed by atoms with Crippen LogP contribution in [0.15, 0.2) is 47.3 Å². The molecular weight excluding hydrogens is 477 g/mol. The lowest BCUT2D eigenvalue weighted by molar-refractivity contribution is -0.192. The van der Waals surface area contributed by atoms with Gasteiger partial charge in [-0.2, -0.15) is 13.2 Å². The number of hydrogen-bond donors (Lipinski definition) is 1. The minimum absolute atomic E-state index is 0.106. The number of ether oxygens (including phenoxy) is 1. The molecular formula is C26H33F3N2O5. The van der Waals surface area contributed by atoms with E-state index in [1.165, 1.54) is 5.56 Å². The van der Waals surface area contributed by atoms with E-state index >= 15 is 0 Å². The van der Waals surface area contributed by atoms with Gasteiger partial charge < -0.3 is 19.2 Å². The molecule has 36 heavy (non-hydrogen) atoms. The van der Waals surface area contributed by atoms with Crippen LogP contribution in [-0.2, 0) is 11.3 Å². The number of piperidine rings is 1. The number of nitrogens with zero attached hydrogens (tertiary/aromatic N) is 2. The Hall–Kier alpha value is -3.01. The zero-order chi connectivity index (χ0) is 26.3. The van der Waals surface area contributed by atoms with Crippen LogP contribution in [-0.4, -0.2) is 65.7 Å². The Bertz CT molecular complexity index is 999. The number of carboxylic acid groups (broad SMARTS) is 1. The maximum absolute atomic E-state index is 12.6. The van der Waals surface area contributed by atoms with Crippen molar-refractivity contribution in [3.63, 3.8) is 0 Å². The molecule has 0 unspecified atom stereocenters. The van der Waals surface area contributed by atoms with E-state index in [1.54, 1.807) is 18.6 Å². The van der Waals surface area contributed by atoms with Gasteiger partial charge in [0, 0.05) is 25.2 Å². The highest BCUT2D eigenvalue weighted by atomic mass is 19.4. The summed E-state index contributed by atoms with van der Waals surface area (Å²) >= 11 is 0. The van der Waals surface area contributed by atoms with Crippen LogP contribution in [0.3, 0.4) is 0 Å². The van der Waals surface area contributed by atoms with E-state index in [1.807, 2.05) is 4.90 Å². The zero-order valence-electron chi connectivity index (χ0n) is 20.6. The summed E-state index contributed by atoms with van der Waals surface area (Å²) in [5, 5.41) is 7.12. The molecule has 0 radical (unpaired) electrons. The monoisotopic (exact) mass is 510 g/mol. The van der Waals surface area contributed by atoms with Crippen LogP contribution in [0.4, 0.5) is 13.2 Å². The maximum Gasteiger partial charge on any atom is 0.490 e. The molecule has 1 amide bonds. The fourth-order valence-electron chi connectivity index (χ4n) is 4.54. The second-order valence-electron chi connectivity index (χ2n) is 9.88. The summed E-state index contributed by atoms with van der Waals surface area (Å²) in [6, 6.07) is 10.2. The largest absolute Gasteiger partial charge is 0.493 e. The molecule has 0 bridgehead atoms. The lowest BCUT2D eigenvalue weighted by Gasteiger charge is -2.39. The van der Waals surface area contributed by atoms with Gasteiger partial charge in [0.05, 0.1) is 18.4 Å². The number of amides is 1. The van der Waals surface area contributed by atoms with E-state index in [-0.39, 0.29) is 11.3 Å². The molecule has 1 N–H and O–H groups in total.